The van der Waals surface area contributed by atoms with Crippen LogP contribution in [-0.4, -0.2) is 62.5 Å². The molecular formula is C22H32N2O8. The van der Waals surface area contributed by atoms with Gasteiger partial charge in [-0.25, -0.2) is 9.59 Å². The van der Waals surface area contributed by atoms with E-state index in [9.17, 15) is 14.4 Å². The minimum Gasteiger partial charge on any atom is -0.469 e. The predicted molar refractivity (Wildman–Crippen MR) is 114 cm³/mol. The van der Waals surface area contributed by atoms with E-state index in [2.05, 4.69) is 10.6 Å². The maximum atomic E-state index is 12.7. The number of rotatable bonds is 8. The van der Waals surface area contributed by atoms with E-state index >= 15 is 0 Å². The highest BCUT2D eigenvalue weighted by atomic mass is 16.7. The average molecular weight is 453 g/mol. The monoisotopic (exact) mass is 452 g/mol. The van der Waals surface area contributed by atoms with Crippen LogP contribution in [0.4, 0.5) is 9.59 Å². The number of carbonyl (C=O) groups excluding carboxylic acids is 3. The summed E-state index contributed by atoms with van der Waals surface area (Å²) in [5, 5.41) is 5.26. The van der Waals surface area contributed by atoms with Crippen LogP contribution in [0.25, 0.3) is 0 Å². The molecule has 2 rings (SSSR count). The third-order valence-corrected chi connectivity index (χ3v) is 4.58. The molecule has 0 saturated carbocycles. The van der Waals surface area contributed by atoms with Crippen molar-refractivity contribution in [1.82, 2.24) is 10.6 Å². The third kappa shape index (κ3) is 8.01. The SMILES string of the molecule is COC(=O)[C@H]([C@H](C)NC(=O)OCc1ccccc1)[C@H](NC(=O)OC(C)(C)C)C1OCCO1. The molecule has 1 saturated heterocycles. The van der Waals surface area contributed by atoms with Gasteiger partial charge in [-0.15, -0.1) is 0 Å². The maximum Gasteiger partial charge on any atom is 0.408 e. The van der Waals surface area contributed by atoms with Gasteiger partial charge >= 0.3 is 18.2 Å². The molecule has 10 heteroatoms. The fourth-order valence-electron chi connectivity index (χ4n) is 3.19. The van der Waals surface area contributed by atoms with E-state index in [0.717, 1.165) is 5.56 Å². The van der Waals surface area contributed by atoms with Crippen LogP contribution in [0.2, 0.25) is 0 Å². The Kier molecular flexibility index (Phi) is 9.27. The molecule has 1 aliphatic rings. The Morgan fingerprint density at radius 3 is 2.25 bits per heavy atom. The summed E-state index contributed by atoms with van der Waals surface area (Å²) in [6.45, 7) is 7.41. The van der Waals surface area contributed by atoms with Gasteiger partial charge in [-0.05, 0) is 33.3 Å². The van der Waals surface area contributed by atoms with Crippen molar-refractivity contribution in [3.05, 3.63) is 35.9 Å². The number of alkyl carbamates (subject to hydrolysis) is 2. The summed E-state index contributed by atoms with van der Waals surface area (Å²) < 4.78 is 26.6. The van der Waals surface area contributed by atoms with E-state index in [0.29, 0.717) is 13.2 Å². The molecule has 0 spiro atoms. The predicted octanol–water partition coefficient (Wildman–Crippen LogP) is 2.36. The van der Waals surface area contributed by atoms with E-state index < -0.39 is 48.0 Å². The smallest absolute Gasteiger partial charge is 0.408 e. The van der Waals surface area contributed by atoms with Crippen LogP contribution in [0.15, 0.2) is 30.3 Å². The fourth-order valence-corrected chi connectivity index (χ4v) is 3.19. The molecule has 1 fully saturated rings. The first kappa shape index (κ1) is 25.4. The number of nitrogens with one attached hydrogen (secondary N) is 2. The van der Waals surface area contributed by atoms with Gasteiger partial charge in [-0.3, -0.25) is 4.79 Å². The molecule has 10 nitrogen and oxygen atoms in total. The first-order valence-electron chi connectivity index (χ1n) is 10.4. The lowest BCUT2D eigenvalue weighted by molar-refractivity contribution is -0.153. The van der Waals surface area contributed by atoms with Crippen LogP contribution in [-0.2, 0) is 35.1 Å². The molecule has 0 bridgehead atoms. The fraction of sp³-hybridized carbons (Fsp3) is 0.591. The van der Waals surface area contributed by atoms with Gasteiger partial charge in [0.25, 0.3) is 0 Å². The van der Waals surface area contributed by atoms with Crippen LogP contribution < -0.4 is 10.6 Å². The van der Waals surface area contributed by atoms with Crippen molar-refractivity contribution in [1.29, 1.82) is 0 Å². The van der Waals surface area contributed by atoms with Crippen LogP contribution in [0.1, 0.15) is 33.3 Å². The van der Waals surface area contributed by atoms with Gasteiger partial charge in [-0.1, -0.05) is 30.3 Å². The molecule has 2 amide bonds. The molecule has 3 atom stereocenters. The van der Waals surface area contributed by atoms with Gasteiger partial charge in [0, 0.05) is 6.04 Å². The van der Waals surface area contributed by atoms with E-state index in [1.54, 1.807) is 27.7 Å². The van der Waals surface area contributed by atoms with Crippen molar-refractivity contribution in [3.8, 4) is 0 Å². The standard InChI is InChI=1S/C22H32N2O8/c1-14(23-20(26)31-13-15-9-7-6-8-10-15)16(18(25)28-5)17(19-29-11-12-30-19)24-21(27)32-22(2,3)4/h6-10,14,16-17,19H,11-13H2,1-5H3,(H,23,26)(H,24,27)/t14-,16+,17-/m0/s1. The van der Waals surface area contributed by atoms with Gasteiger partial charge in [0.1, 0.15) is 18.1 Å². The van der Waals surface area contributed by atoms with Crippen molar-refractivity contribution in [2.75, 3.05) is 20.3 Å². The molecule has 178 valence electrons. The summed E-state index contributed by atoms with van der Waals surface area (Å²) in [5.41, 5.74) is 0.0646. The number of methoxy groups -OCH3 is 1. The molecule has 2 N–H and O–H groups in total. The van der Waals surface area contributed by atoms with E-state index in [1.165, 1.54) is 7.11 Å². The van der Waals surface area contributed by atoms with Gasteiger partial charge in [0.2, 0.25) is 0 Å². The van der Waals surface area contributed by atoms with Crippen molar-refractivity contribution in [2.24, 2.45) is 5.92 Å². The molecule has 1 aromatic carbocycles. The minimum atomic E-state index is -1.04. The number of esters is 1. The van der Waals surface area contributed by atoms with Crippen molar-refractivity contribution in [3.63, 3.8) is 0 Å². The number of hydrogen-bond acceptors (Lipinski definition) is 8. The molecule has 1 aliphatic heterocycles. The molecule has 1 aromatic rings. The van der Waals surface area contributed by atoms with Gasteiger partial charge in [0.15, 0.2) is 6.29 Å². The van der Waals surface area contributed by atoms with Gasteiger partial charge in [-0.2, -0.15) is 0 Å². The van der Waals surface area contributed by atoms with Crippen molar-refractivity contribution in [2.45, 2.75) is 58.3 Å². The summed E-state index contributed by atoms with van der Waals surface area (Å²) in [6.07, 6.45) is -2.40. The minimum absolute atomic E-state index is 0.0662. The van der Waals surface area contributed by atoms with E-state index in [1.807, 2.05) is 30.3 Å². The topological polar surface area (TPSA) is 121 Å². The summed E-state index contributed by atoms with van der Waals surface area (Å²) in [6, 6.07) is 7.40. The second-order valence-corrected chi connectivity index (χ2v) is 8.33. The zero-order chi connectivity index (χ0) is 23.7. The normalized spacial score (nSPS) is 17.0. The van der Waals surface area contributed by atoms with Gasteiger partial charge in [0.05, 0.1) is 26.4 Å². The van der Waals surface area contributed by atoms with Crippen molar-refractivity contribution < 1.29 is 38.1 Å². The lowest BCUT2D eigenvalue weighted by Gasteiger charge is -2.33. The molecule has 0 radical (unpaired) electrons. The Balaban J connectivity index is 2.12. The van der Waals surface area contributed by atoms with E-state index in [4.69, 9.17) is 23.7 Å². The zero-order valence-corrected chi connectivity index (χ0v) is 19.1. The Morgan fingerprint density at radius 2 is 1.69 bits per heavy atom. The number of hydrogen-bond donors (Lipinski definition) is 2. The lowest BCUT2D eigenvalue weighted by atomic mass is 9.92. The Bertz CT molecular complexity index is 759. The lowest BCUT2D eigenvalue weighted by Crippen LogP contribution is -2.58. The van der Waals surface area contributed by atoms with E-state index in [-0.39, 0.29) is 6.61 Å². The van der Waals surface area contributed by atoms with Crippen LogP contribution in [0, 0.1) is 5.92 Å². The molecule has 0 aliphatic carbocycles. The Morgan fingerprint density at radius 1 is 1.06 bits per heavy atom. The first-order valence-corrected chi connectivity index (χ1v) is 10.4. The highest BCUT2D eigenvalue weighted by molar-refractivity contribution is 5.77. The molecule has 1 heterocycles. The molecule has 0 unspecified atom stereocenters. The summed E-state index contributed by atoms with van der Waals surface area (Å²) in [4.78, 5) is 37.4. The second-order valence-electron chi connectivity index (χ2n) is 8.33. The zero-order valence-electron chi connectivity index (χ0n) is 19.1. The van der Waals surface area contributed by atoms with Crippen LogP contribution in [0.5, 0.6) is 0 Å². The Labute approximate surface area is 187 Å². The summed E-state index contributed by atoms with van der Waals surface area (Å²) in [7, 11) is 1.22. The highest BCUT2D eigenvalue weighted by Gasteiger charge is 2.43. The molecular weight excluding hydrogens is 420 g/mol. The first-order chi connectivity index (χ1) is 15.1. The molecule has 32 heavy (non-hydrogen) atoms. The third-order valence-electron chi connectivity index (χ3n) is 4.58. The number of carbonyl (C=O) groups is 3. The number of amides is 2. The van der Waals surface area contributed by atoms with Crippen LogP contribution >= 0.6 is 0 Å². The van der Waals surface area contributed by atoms with Crippen molar-refractivity contribution >= 4 is 18.2 Å². The quantitative estimate of drug-likeness (QED) is 0.455. The van der Waals surface area contributed by atoms with Gasteiger partial charge < -0.3 is 34.3 Å². The maximum absolute atomic E-state index is 12.7. The summed E-state index contributed by atoms with van der Waals surface area (Å²) in [5.74, 6) is -1.71. The van der Waals surface area contributed by atoms with Crippen LogP contribution in [0.3, 0.4) is 0 Å². The summed E-state index contributed by atoms with van der Waals surface area (Å²) >= 11 is 0. The Hall–Kier alpha value is -2.85. The average Bonchev–Trinajstić information content (AvgIpc) is 3.25. The highest BCUT2D eigenvalue weighted by Crippen LogP contribution is 2.22. The largest absolute Gasteiger partial charge is 0.469 e. The number of benzene rings is 1. The second kappa shape index (κ2) is 11.7. The number of ether oxygens (including phenoxy) is 5. The molecule has 0 aromatic heterocycles.